The van der Waals surface area contributed by atoms with Crippen molar-refractivity contribution in [2.45, 2.75) is 12.5 Å². The summed E-state index contributed by atoms with van der Waals surface area (Å²) in [6.07, 6.45) is 1.15. The molecular weight excluding hydrogens is 287 g/mol. The van der Waals surface area contributed by atoms with Crippen LogP contribution in [0.1, 0.15) is 6.42 Å². The van der Waals surface area contributed by atoms with Crippen molar-refractivity contribution >= 4 is 52.4 Å². The van der Waals surface area contributed by atoms with E-state index >= 15 is 0 Å². The van der Waals surface area contributed by atoms with Crippen LogP contribution >= 0.6 is 46.6 Å². The zero-order valence-electron chi connectivity index (χ0n) is 8.71. The summed E-state index contributed by atoms with van der Waals surface area (Å²) in [6.45, 7) is 0. The number of thioether (sulfide) groups is 1. The van der Waals surface area contributed by atoms with Crippen molar-refractivity contribution in [2.75, 3.05) is 23.5 Å². The van der Waals surface area contributed by atoms with E-state index in [4.69, 9.17) is 34.8 Å². The van der Waals surface area contributed by atoms with Crippen LogP contribution < -0.4 is 4.90 Å². The zero-order chi connectivity index (χ0) is 11.7. The Morgan fingerprint density at radius 3 is 2.75 bits per heavy atom. The molecule has 0 radical (unpaired) electrons. The molecule has 2 heterocycles. The van der Waals surface area contributed by atoms with Crippen LogP contribution in [0.2, 0.25) is 15.2 Å². The van der Waals surface area contributed by atoms with Crippen molar-refractivity contribution in [1.29, 1.82) is 0 Å². The fourth-order valence-electron chi connectivity index (χ4n) is 1.68. The van der Waals surface area contributed by atoms with Gasteiger partial charge in [-0.1, -0.05) is 34.8 Å². The van der Waals surface area contributed by atoms with E-state index in [0.29, 0.717) is 27.1 Å². The summed E-state index contributed by atoms with van der Waals surface area (Å²) >= 11 is 19.8. The smallest absolute Gasteiger partial charge is 0.150 e. The highest BCUT2D eigenvalue weighted by molar-refractivity contribution is 7.99. The molecule has 2 rings (SSSR count). The standard InChI is InChI=1S/C10H11Cl3N2S/c1-15(6-2-3-16-5-6)10-8(12)4-7(11)9(13)14-10/h4,6H,2-3,5H2,1H3. The van der Waals surface area contributed by atoms with Gasteiger partial charge in [-0.25, -0.2) is 4.98 Å². The Bertz CT molecular complexity index is 394. The lowest BCUT2D eigenvalue weighted by Gasteiger charge is -2.25. The molecule has 0 N–H and O–H groups in total. The van der Waals surface area contributed by atoms with Crippen LogP contribution in [-0.4, -0.2) is 29.6 Å². The van der Waals surface area contributed by atoms with Crippen LogP contribution in [0.5, 0.6) is 0 Å². The predicted molar refractivity (Wildman–Crippen MR) is 73.4 cm³/mol. The molecule has 6 heteroatoms. The van der Waals surface area contributed by atoms with E-state index in [1.807, 2.05) is 18.8 Å². The average Bonchev–Trinajstić information content (AvgIpc) is 2.75. The highest BCUT2D eigenvalue weighted by atomic mass is 35.5. The normalized spacial score (nSPS) is 20.1. The van der Waals surface area contributed by atoms with Crippen molar-refractivity contribution in [3.8, 4) is 0 Å². The summed E-state index contributed by atoms with van der Waals surface area (Å²) < 4.78 is 0. The Morgan fingerprint density at radius 1 is 1.38 bits per heavy atom. The molecule has 0 aliphatic carbocycles. The van der Waals surface area contributed by atoms with Crippen LogP contribution in [0.3, 0.4) is 0 Å². The lowest BCUT2D eigenvalue weighted by molar-refractivity contribution is 0.692. The third-order valence-corrected chi connectivity index (χ3v) is 4.75. The number of hydrogen-bond donors (Lipinski definition) is 0. The lowest BCUT2D eigenvalue weighted by atomic mass is 10.2. The highest BCUT2D eigenvalue weighted by Gasteiger charge is 2.23. The van der Waals surface area contributed by atoms with E-state index in [9.17, 15) is 0 Å². The average molecular weight is 298 g/mol. The van der Waals surface area contributed by atoms with Gasteiger partial charge in [0.25, 0.3) is 0 Å². The number of halogens is 3. The summed E-state index contributed by atoms with van der Waals surface area (Å²) in [4.78, 5) is 6.32. The van der Waals surface area contributed by atoms with Crippen LogP contribution in [0.15, 0.2) is 6.07 Å². The van der Waals surface area contributed by atoms with Gasteiger partial charge in [-0.2, -0.15) is 11.8 Å². The fourth-order valence-corrected chi connectivity index (χ4v) is 3.58. The van der Waals surface area contributed by atoms with E-state index in [0.717, 1.165) is 12.2 Å². The van der Waals surface area contributed by atoms with Gasteiger partial charge >= 0.3 is 0 Å². The van der Waals surface area contributed by atoms with Crippen LogP contribution in [0.25, 0.3) is 0 Å². The van der Waals surface area contributed by atoms with E-state index < -0.39 is 0 Å². The maximum Gasteiger partial charge on any atom is 0.150 e. The van der Waals surface area contributed by atoms with Gasteiger partial charge in [0.2, 0.25) is 0 Å². The molecule has 1 aliphatic heterocycles. The third kappa shape index (κ3) is 2.53. The lowest BCUT2D eigenvalue weighted by Crippen LogP contribution is -2.32. The van der Waals surface area contributed by atoms with Crippen LogP contribution in [0, 0.1) is 0 Å². The summed E-state index contributed by atoms with van der Waals surface area (Å²) in [6, 6.07) is 2.12. The summed E-state index contributed by atoms with van der Waals surface area (Å²) in [5.74, 6) is 3.01. The van der Waals surface area contributed by atoms with Crippen molar-refractivity contribution in [1.82, 2.24) is 4.98 Å². The van der Waals surface area contributed by atoms with Gasteiger partial charge in [-0.05, 0) is 18.2 Å². The van der Waals surface area contributed by atoms with Crippen LogP contribution in [0.4, 0.5) is 5.82 Å². The topological polar surface area (TPSA) is 16.1 Å². The SMILES string of the molecule is CN(c1nc(Cl)c(Cl)cc1Cl)C1CCSC1. The van der Waals surface area contributed by atoms with Crippen molar-refractivity contribution in [3.05, 3.63) is 21.3 Å². The van der Waals surface area contributed by atoms with E-state index in [2.05, 4.69) is 9.88 Å². The molecule has 16 heavy (non-hydrogen) atoms. The van der Waals surface area contributed by atoms with Gasteiger partial charge in [0.05, 0.1) is 10.0 Å². The molecular formula is C10H11Cl3N2S. The summed E-state index contributed by atoms with van der Waals surface area (Å²) in [5.41, 5.74) is 0. The van der Waals surface area contributed by atoms with Gasteiger partial charge in [-0.15, -0.1) is 0 Å². The van der Waals surface area contributed by atoms with E-state index in [1.165, 1.54) is 5.75 Å². The number of rotatable bonds is 2. The Morgan fingerprint density at radius 2 is 2.12 bits per heavy atom. The van der Waals surface area contributed by atoms with Gasteiger partial charge in [-0.3, -0.25) is 0 Å². The molecule has 0 saturated carbocycles. The maximum atomic E-state index is 6.12. The quantitative estimate of drug-likeness (QED) is 0.768. The molecule has 1 aromatic heterocycles. The molecule has 1 saturated heterocycles. The molecule has 0 amide bonds. The molecule has 1 aliphatic rings. The molecule has 1 unspecified atom stereocenters. The second-order valence-electron chi connectivity index (χ2n) is 3.69. The Balaban J connectivity index is 2.28. The molecule has 0 spiro atoms. The van der Waals surface area contributed by atoms with E-state index in [1.54, 1.807) is 6.07 Å². The minimum Gasteiger partial charge on any atom is -0.355 e. The predicted octanol–water partition coefficient (Wildman–Crippen LogP) is 3.98. The Kier molecular flexibility index (Phi) is 4.11. The zero-order valence-corrected chi connectivity index (χ0v) is 11.8. The summed E-state index contributed by atoms with van der Waals surface area (Å²) in [5, 5.41) is 1.25. The first-order valence-electron chi connectivity index (χ1n) is 4.91. The van der Waals surface area contributed by atoms with Gasteiger partial charge in [0.1, 0.15) is 11.0 Å². The molecule has 0 bridgehead atoms. The molecule has 1 atom stereocenters. The Labute approximate surface area is 114 Å². The molecule has 2 nitrogen and oxygen atoms in total. The summed E-state index contributed by atoms with van der Waals surface area (Å²) in [7, 11) is 2.00. The second kappa shape index (κ2) is 5.21. The Hall–Kier alpha value is 0.170. The first-order chi connectivity index (χ1) is 7.59. The maximum absolute atomic E-state index is 6.12. The molecule has 0 aromatic carbocycles. The number of nitrogens with zero attached hydrogens (tertiary/aromatic N) is 2. The highest BCUT2D eigenvalue weighted by Crippen LogP contribution is 2.33. The largest absolute Gasteiger partial charge is 0.355 e. The molecule has 1 aromatic rings. The van der Waals surface area contributed by atoms with Gasteiger partial charge < -0.3 is 4.90 Å². The van der Waals surface area contributed by atoms with Crippen molar-refractivity contribution < 1.29 is 0 Å². The third-order valence-electron chi connectivity index (χ3n) is 2.66. The molecule has 1 fully saturated rings. The second-order valence-corrected chi connectivity index (χ2v) is 6.02. The van der Waals surface area contributed by atoms with Crippen LogP contribution in [-0.2, 0) is 0 Å². The minimum absolute atomic E-state index is 0.304. The van der Waals surface area contributed by atoms with Crippen molar-refractivity contribution in [3.63, 3.8) is 0 Å². The number of pyridine rings is 1. The van der Waals surface area contributed by atoms with Crippen molar-refractivity contribution in [2.24, 2.45) is 0 Å². The van der Waals surface area contributed by atoms with E-state index in [-0.39, 0.29) is 0 Å². The number of aromatic nitrogens is 1. The minimum atomic E-state index is 0.304. The first-order valence-corrected chi connectivity index (χ1v) is 7.20. The monoisotopic (exact) mass is 296 g/mol. The van der Waals surface area contributed by atoms with Gasteiger partial charge in [0.15, 0.2) is 0 Å². The fraction of sp³-hybridized carbons (Fsp3) is 0.500. The van der Waals surface area contributed by atoms with Gasteiger partial charge in [0, 0.05) is 18.8 Å². The number of anilines is 1. The first kappa shape index (κ1) is 12.6. The number of hydrogen-bond acceptors (Lipinski definition) is 3. The molecule has 88 valence electrons.